The Hall–Kier alpha value is -2.20. The van der Waals surface area contributed by atoms with Crippen LogP contribution in [0, 0.1) is 0 Å². The lowest BCUT2D eigenvalue weighted by molar-refractivity contribution is 0.0696. The third-order valence-electron chi connectivity index (χ3n) is 2.96. The molecule has 0 spiro atoms. The van der Waals surface area contributed by atoms with Crippen molar-refractivity contribution in [3.8, 4) is 0 Å². The Morgan fingerprint density at radius 2 is 2.00 bits per heavy atom. The third-order valence-corrected chi connectivity index (χ3v) is 2.96. The molecule has 2 N–H and O–H groups in total. The summed E-state index contributed by atoms with van der Waals surface area (Å²) in [6, 6.07) is 13.7. The molecule has 4 nitrogen and oxygen atoms in total. The van der Waals surface area contributed by atoms with E-state index in [-0.39, 0.29) is 11.6 Å². The van der Waals surface area contributed by atoms with Crippen molar-refractivity contribution in [2.24, 2.45) is 0 Å². The number of pyridine rings is 1. The van der Waals surface area contributed by atoms with Crippen molar-refractivity contribution in [3.05, 3.63) is 65.5 Å². The normalized spacial score (nSPS) is 12.1. The van der Waals surface area contributed by atoms with Gasteiger partial charge in [-0.25, -0.2) is 4.79 Å². The molecule has 0 aliphatic heterocycles. The zero-order valence-corrected chi connectivity index (χ0v) is 10.7. The number of nitrogens with one attached hydrogen (secondary N) is 1. The lowest BCUT2D eigenvalue weighted by Gasteiger charge is -2.13. The molecule has 1 atom stereocenters. The van der Waals surface area contributed by atoms with Crippen LogP contribution in [0.5, 0.6) is 0 Å². The maximum absolute atomic E-state index is 10.7. The van der Waals surface area contributed by atoms with Crippen LogP contribution in [0.1, 0.15) is 34.6 Å². The molecule has 2 rings (SSSR count). The lowest BCUT2D eigenvalue weighted by Crippen LogP contribution is -2.18. The van der Waals surface area contributed by atoms with Gasteiger partial charge in [-0.05, 0) is 24.6 Å². The fraction of sp³-hybridized carbons (Fsp3) is 0.200. The number of hydrogen-bond acceptors (Lipinski definition) is 3. The van der Waals surface area contributed by atoms with Gasteiger partial charge in [-0.15, -0.1) is 0 Å². The van der Waals surface area contributed by atoms with E-state index in [0.717, 1.165) is 5.69 Å². The smallest absolute Gasteiger partial charge is 0.337 e. The largest absolute Gasteiger partial charge is 0.478 e. The molecule has 0 bridgehead atoms. The molecule has 1 unspecified atom stereocenters. The first kappa shape index (κ1) is 13.2. The number of carboxylic acids is 1. The predicted octanol–water partition coefficient (Wildman–Crippen LogP) is 2.63. The molecule has 98 valence electrons. The highest BCUT2D eigenvalue weighted by Crippen LogP contribution is 2.11. The van der Waals surface area contributed by atoms with E-state index in [9.17, 15) is 4.79 Å². The second-order valence-corrected chi connectivity index (χ2v) is 4.36. The summed E-state index contributed by atoms with van der Waals surface area (Å²) in [6.07, 6.45) is 1.38. The Morgan fingerprint density at radius 3 is 2.58 bits per heavy atom. The Bertz CT molecular complexity index is 538. The van der Waals surface area contributed by atoms with Crippen molar-refractivity contribution >= 4 is 5.97 Å². The van der Waals surface area contributed by atoms with E-state index < -0.39 is 5.97 Å². The third kappa shape index (κ3) is 3.63. The molecule has 0 radical (unpaired) electrons. The van der Waals surface area contributed by atoms with E-state index in [2.05, 4.69) is 29.4 Å². The van der Waals surface area contributed by atoms with Gasteiger partial charge in [0.25, 0.3) is 0 Å². The Morgan fingerprint density at radius 1 is 1.26 bits per heavy atom. The fourth-order valence-electron chi connectivity index (χ4n) is 1.77. The molecule has 1 heterocycles. The van der Waals surface area contributed by atoms with Gasteiger partial charge in [0, 0.05) is 18.8 Å². The summed E-state index contributed by atoms with van der Waals surface area (Å²) in [5.41, 5.74) is 2.25. The van der Waals surface area contributed by atoms with Gasteiger partial charge in [-0.1, -0.05) is 30.3 Å². The van der Waals surface area contributed by atoms with Gasteiger partial charge >= 0.3 is 5.97 Å². The van der Waals surface area contributed by atoms with Crippen LogP contribution in [0.4, 0.5) is 0 Å². The molecule has 0 amide bonds. The molecular weight excluding hydrogens is 240 g/mol. The van der Waals surface area contributed by atoms with Crippen molar-refractivity contribution in [1.82, 2.24) is 10.3 Å². The number of benzene rings is 1. The van der Waals surface area contributed by atoms with Crippen LogP contribution in [0.25, 0.3) is 0 Å². The minimum atomic E-state index is -0.954. The molecular formula is C15H16N2O2. The molecule has 0 aliphatic rings. The average molecular weight is 256 g/mol. The Labute approximate surface area is 112 Å². The number of hydrogen-bond donors (Lipinski definition) is 2. The zero-order valence-electron chi connectivity index (χ0n) is 10.7. The number of carbonyl (C=O) groups is 1. The van der Waals surface area contributed by atoms with Gasteiger partial charge in [0.05, 0.1) is 11.3 Å². The highest BCUT2D eigenvalue weighted by Gasteiger charge is 2.06. The standard InChI is InChI=1S/C15H16N2O2/c1-11(12-5-3-2-4-6-12)16-10-14-8-7-13(9-17-14)15(18)19/h2-9,11,16H,10H2,1H3,(H,18,19). The summed E-state index contributed by atoms with van der Waals surface area (Å²) in [7, 11) is 0. The minimum absolute atomic E-state index is 0.208. The van der Waals surface area contributed by atoms with E-state index in [1.807, 2.05) is 18.2 Å². The van der Waals surface area contributed by atoms with Crippen LogP contribution in [-0.4, -0.2) is 16.1 Å². The van der Waals surface area contributed by atoms with Gasteiger partial charge in [-0.2, -0.15) is 0 Å². The maximum atomic E-state index is 10.7. The van der Waals surface area contributed by atoms with Crippen molar-refractivity contribution < 1.29 is 9.90 Å². The SMILES string of the molecule is CC(NCc1ccc(C(=O)O)cn1)c1ccccc1. The van der Waals surface area contributed by atoms with Crippen LogP contribution in [-0.2, 0) is 6.54 Å². The first-order valence-electron chi connectivity index (χ1n) is 6.13. The van der Waals surface area contributed by atoms with Crippen molar-refractivity contribution in [1.29, 1.82) is 0 Å². The molecule has 0 fully saturated rings. The quantitative estimate of drug-likeness (QED) is 0.863. The van der Waals surface area contributed by atoms with Gasteiger partial charge < -0.3 is 10.4 Å². The van der Waals surface area contributed by atoms with Crippen molar-refractivity contribution in [3.63, 3.8) is 0 Å². The lowest BCUT2D eigenvalue weighted by atomic mass is 10.1. The van der Waals surface area contributed by atoms with E-state index in [4.69, 9.17) is 5.11 Å². The maximum Gasteiger partial charge on any atom is 0.337 e. The van der Waals surface area contributed by atoms with Gasteiger partial charge in [0.2, 0.25) is 0 Å². The molecule has 2 aromatic rings. The number of nitrogens with zero attached hydrogens (tertiary/aromatic N) is 1. The number of carboxylic acid groups (broad SMARTS) is 1. The number of aromatic nitrogens is 1. The average Bonchev–Trinajstić information content (AvgIpc) is 2.46. The summed E-state index contributed by atoms with van der Waals surface area (Å²) in [6.45, 7) is 2.69. The topological polar surface area (TPSA) is 62.2 Å². The van der Waals surface area contributed by atoms with Crippen LogP contribution >= 0.6 is 0 Å². The molecule has 1 aromatic carbocycles. The van der Waals surface area contributed by atoms with Crippen LogP contribution < -0.4 is 5.32 Å². The second-order valence-electron chi connectivity index (χ2n) is 4.36. The Kier molecular flexibility index (Phi) is 4.26. The number of rotatable bonds is 5. The highest BCUT2D eigenvalue weighted by atomic mass is 16.4. The van der Waals surface area contributed by atoms with Crippen molar-refractivity contribution in [2.75, 3.05) is 0 Å². The summed E-state index contributed by atoms with van der Waals surface area (Å²) in [5.74, 6) is -0.954. The van der Waals surface area contributed by atoms with E-state index >= 15 is 0 Å². The van der Waals surface area contributed by atoms with Crippen LogP contribution in [0.2, 0.25) is 0 Å². The van der Waals surface area contributed by atoms with E-state index in [0.29, 0.717) is 6.54 Å². The summed E-state index contributed by atoms with van der Waals surface area (Å²) < 4.78 is 0. The van der Waals surface area contributed by atoms with Crippen molar-refractivity contribution in [2.45, 2.75) is 19.5 Å². The zero-order chi connectivity index (χ0) is 13.7. The number of aromatic carboxylic acids is 1. The van der Waals surface area contributed by atoms with Gasteiger partial charge in [0.1, 0.15) is 0 Å². The molecule has 0 aliphatic carbocycles. The molecule has 4 heteroatoms. The summed E-state index contributed by atoms with van der Waals surface area (Å²) in [4.78, 5) is 14.8. The minimum Gasteiger partial charge on any atom is -0.478 e. The monoisotopic (exact) mass is 256 g/mol. The molecule has 19 heavy (non-hydrogen) atoms. The van der Waals surface area contributed by atoms with Gasteiger partial charge in [-0.3, -0.25) is 4.98 Å². The summed E-state index contributed by atoms with van der Waals surface area (Å²) >= 11 is 0. The summed E-state index contributed by atoms with van der Waals surface area (Å²) in [5, 5.41) is 12.1. The first-order valence-corrected chi connectivity index (χ1v) is 6.13. The van der Waals surface area contributed by atoms with E-state index in [1.165, 1.54) is 11.8 Å². The highest BCUT2D eigenvalue weighted by molar-refractivity contribution is 5.87. The van der Waals surface area contributed by atoms with Crippen LogP contribution in [0.15, 0.2) is 48.7 Å². The fourth-order valence-corrected chi connectivity index (χ4v) is 1.77. The molecule has 0 saturated carbocycles. The second kappa shape index (κ2) is 6.11. The van der Waals surface area contributed by atoms with E-state index in [1.54, 1.807) is 12.1 Å². The predicted molar refractivity (Wildman–Crippen MR) is 72.9 cm³/mol. The molecule has 1 aromatic heterocycles. The molecule has 0 saturated heterocycles. The first-order chi connectivity index (χ1) is 9.16. The van der Waals surface area contributed by atoms with Crippen LogP contribution in [0.3, 0.4) is 0 Å². The Balaban J connectivity index is 1.93. The van der Waals surface area contributed by atoms with Gasteiger partial charge in [0.15, 0.2) is 0 Å².